The minimum absolute atomic E-state index is 0.0386. The summed E-state index contributed by atoms with van der Waals surface area (Å²) in [6.07, 6.45) is -3.16. The summed E-state index contributed by atoms with van der Waals surface area (Å²) in [5, 5.41) is 0. The Bertz CT molecular complexity index is 610. The highest BCUT2D eigenvalue weighted by atomic mass is 19.4. The molecule has 1 aliphatic carbocycles. The van der Waals surface area contributed by atoms with Crippen LogP contribution in [0.1, 0.15) is 40.5 Å². The van der Waals surface area contributed by atoms with Crippen molar-refractivity contribution in [2.24, 2.45) is 0 Å². The highest BCUT2D eigenvalue weighted by Crippen LogP contribution is 2.39. The van der Waals surface area contributed by atoms with Gasteiger partial charge >= 0.3 is 13.5 Å². The van der Waals surface area contributed by atoms with Crippen LogP contribution in [0.5, 0.6) is 11.5 Å². The monoisotopic (exact) mass is 344 g/mol. The minimum atomic E-state index is -4.80. The third-order valence-electron chi connectivity index (χ3n) is 4.54. The molecule has 132 valence electrons. The number of alkyl halides is 3. The van der Waals surface area contributed by atoms with Gasteiger partial charge in [0.15, 0.2) is 11.5 Å². The van der Waals surface area contributed by atoms with E-state index in [0.717, 1.165) is 12.8 Å². The third kappa shape index (κ3) is 3.64. The maximum Gasteiger partial charge on any atom is 0.573 e. The van der Waals surface area contributed by atoms with E-state index in [4.69, 9.17) is 14.0 Å². The summed E-state index contributed by atoms with van der Waals surface area (Å²) in [5.74, 6) is -0.295. The van der Waals surface area contributed by atoms with Crippen molar-refractivity contribution in [1.82, 2.24) is 0 Å². The summed E-state index contributed by atoms with van der Waals surface area (Å²) in [6, 6.07) is 4.39. The average molecular weight is 344 g/mol. The van der Waals surface area contributed by atoms with E-state index >= 15 is 0 Å². The fraction of sp³-hybridized carbons (Fsp3) is 0.625. The lowest BCUT2D eigenvalue weighted by Crippen LogP contribution is -2.41. The molecule has 0 radical (unpaired) electrons. The van der Waals surface area contributed by atoms with Gasteiger partial charge in [0, 0.05) is 0 Å². The summed E-state index contributed by atoms with van der Waals surface area (Å²) in [7, 11) is -0.763. The predicted molar refractivity (Wildman–Crippen MR) is 82.5 cm³/mol. The predicted octanol–water partition coefficient (Wildman–Crippen LogP) is 3.43. The highest BCUT2D eigenvalue weighted by molar-refractivity contribution is 6.62. The van der Waals surface area contributed by atoms with Crippen molar-refractivity contribution < 1.29 is 32.0 Å². The number of hydrogen-bond donors (Lipinski definition) is 0. The SMILES string of the molecule is CC1(C)OB(c2ccc(OC3CC3)c(OC(F)(F)F)c2)OC1(C)C. The molecular formula is C16H20BF3O4. The highest BCUT2D eigenvalue weighted by Gasteiger charge is 2.52. The first-order valence-corrected chi connectivity index (χ1v) is 7.89. The van der Waals surface area contributed by atoms with E-state index in [1.54, 1.807) is 6.07 Å². The van der Waals surface area contributed by atoms with Gasteiger partial charge in [-0.1, -0.05) is 6.07 Å². The number of rotatable bonds is 4. The molecule has 2 aliphatic rings. The molecule has 0 N–H and O–H groups in total. The molecule has 1 aliphatic heterocycles. The topological polar surface area (TPSA) is 36.9 Å². The van der Waals surface area contributed by atoms with Gasteiger partial charge in [0.05, 0.1) is 17.3 Å². The van der Waals surface area contributed by atoms with Gasteiger partial charge in [-0.05, 0) is 58.1 Å². The minimum Gasteiger partial charge on any atom is -0.487 e. The largest absolute Gasteiger partial charge is 0.573 e. The number of halogens is 3. The van der Waals surface area contributed by atoms with E-state index in [-0.39, 0.29) is 17.6 Å². The second-order valence-corrected chi connectivity index (χ2v) is 7.16. The Labute approximate surface area is 139 Å². The van der Waals surface area contributed by atoms with E-state index in [1.165, 1.54) is 12.1 Å². The maximum atomic E-state index is 12.7. The van der Waals surface area contributed by atoms with Gasteiger partial charge in [0.1, 0.15) is 0 Å². The van der Waals surface area contributed by atoms with Crippen LogP contribution in [0.15, 0.2) is 18.2 Å². The molecule has 0 spiro atoms. The van der Waals surface area contributed by atoms with Crippen molar-refractivity contribution in [1.29, 1.82) is 0 Å². The van der Waals surface area contributed by atoms with Gasteiger partial charge in [-0.25, -0.2) is 0 Å². The Morgan fingerprint density at radius 1 is 1.04 bits per heavy atom. The molecule has 1 heterocycles. The van der Waals surface area contributed by atoms with Crippen molar-refractivity contribution in [3.05, 3.63) is 18.2 Å². The first kappa shape index (κ1) is 17.4. The van der Waals surface area contributed by atoms with Crippen molar-refractivity contribution >= 4 is 12.6 Å². The quantitative estimate of drug-likeness (QED) is 0.785. The Morgan fingerprint density at radius 2 is 1.62 bits per heavy atom. The van der Waals surface area contributed by atoms with Crippen molar-refractivity contribution in [3.8, 4) is 11.5 Å². The van der Waals surface area contributed by atoms with Crippen LogP contribution in [0.25, 0.3) is 0 Å². The van der Waals surface area contributed by atoms with Crippen molar-refractivity contribution in [3.63, 3.8) is 0 Å². The molecule has 0 atom stereocenters. The van der Waals surface area contributed by atoms with Crippen LogP contribution in [0.2, 0.25) is 0 Å². The van der Waals surface area contributed by atoms with Gasteiger partial charge in [-0.15, -0.1) is 13.2 Å². The lowest BCUT2D eigenvalue weighted by molar-refractivity contribution is -0.275. The molecule has 24 heavy (non-hydrogen) atoms. The van der Waals surface area contributed by atoms with Crippen molar-refractivity contribution in [2.75, 3.05) is 0 Å². The number of ether oxygens (including phenoxy) is 2. The van der Waals surface area contributed by atoms with Crippen LogP contribution in [-0.2, 0) is 9.31 Å². The van der Waals surface area contributed by atoms with Crippen LogP contribution in [0.3, 0.4) is 0 Å². The molecule has 0 bridgehead atoms. The molecule has 1 saturated carbocycles. The Balaban J connectivity index is 1.88. The van der Waals surface area contributed by atoms with E-state index in [2.05, 4.69) is 4.74 Å². The van der Waals surface area contributed by atoms with Crippen molar-refractivity contribution in [2.45, 2.75) is 64.2 Å². The molecule has 1 aromatic rings. The molecule has 0 aromatic heterocycles. The molecule has 0 amide bonds. The zero-order chi connectivity index (χ0) is 17.8. The fourth-order valence-electron chi connectivity index (χ4n) is 2.32. The standard InChI is InChI=1S/C16H20BF3O4/c1-14(2)15(3,4)24-17(23-14)10-5-8-12(21-11-6-7-11)13(9-10)22-16(18,19)20/h5,8-9,11H,6-7H2,1-4H3. The molecule has 8 heteroatoms. The fourth-order valence-corrected chi connectivity index (χ4v) is 2.32. The zero-order valence-electron chi connectivity index (χ0n) is 14.1. The van der Waals surface area contributed by atoms with E-state index < -0.39 is 24.7 Å². The molecule has 3 rings (SSSR count). The number of benzene rings is 1. The summed E-state index contributed by atoms with van der Waals surface area (Å²) in [5.41, 5.74) is -0.700. The summed E-state index contributed by atoms with van der Waals surface area (Å²) in [4.78, 5) is 0. The second-order valence-electron chi connectivity index (χ2n) is 7.16. The van der Waals surface area contributed by atoms with Gasteiger partial charge in [0.25, 0.3) is 0 Å². The lowest BCUT2D eigenvalue weighted by Gasteiger charge is -2.32. The molecule has 2 fully saturated rings. The third-order valence-corrected chi connectivity index (χ3v) is 4.54. The summed E-state index contributed by atoms with van der Waals surface area (Å²) in [6.45, 7) is 7.52. The first-order chi connectivity index (χ1) is 11.0. The zero-order valence-corrected chi connectivity index (χ0v) is 14.1. The lowest BCUT2D eigenvalue weighted by atomic mass is 9.79. The van der Waals surface area contributed by atoms with Crippen LogP contribution in [0.4, 0.5) is 13.2 Å². The summed E-state index contributed by atoms with van der Waals surface area (Å²) < 4.78 is 59.4. The van der Waals surface area contributed by atoms with Gasteiger partial charge in [-0.2, -0.15) is 0 Å². The molecule has 0 unspecified atom stereocenters. The van der Waals surface area contributed by atoms with E-state index in [0.29, 0.717) is 5.46 Å². The second kappa shape index (κ2) is 5.56. The smallest absolute Gasteiger partial charge is 0.487 e. The van der Waals surface area contributed by atoms with Gasteiger partial charge < -0.3 is 18.8 Å². The summed E-state index contributed by atoms with van der Waals surface area (Å²) >= 11 is 0. The van der Waals surface area contributed by atoms with Crippen LogP contribution < -0.4 is 14.9 Å². The molecular weight excluding hydrogens is 324 g/mol. The average Bonchev–Trinajstić information content (AvgIpc) is 3.17. The van der Waals surface area contributed by atoms with Gasteiger partial charge in [-0.3, -0.25) is 0 Å². The number of hydrogen-bond acceptors (Lipinski definition) is 4. The Hall–Kier alpha value is -1.41. The normalized spacial score (nSPS) is 22.5. The van der Waals surface area contributed by atoms with E-state index in [9.17, 15) is 13.2 Å². The van der Waals surface area contributed by atoms with Gasteiger partial charge in [0.2, 0.25) is 0 Å². The molecule has 1 saturated heterocycles. The Morgan fingerprint density at radius 3 is 2.12 bits per heavy atom. The molecule has 1 aromatic carbocycles. The van der Waals surface area contributed by atoms with Crippen LogP contribution in [0, 0.1) is 0 Å². The van der Waals surface area contributed by atoms with Crippen LogP contribution in [-0.4, -0.2) is 30.8 Å². The molecule has 4 nitrogen and oxygen atoms in total. The Kier molecular flexibility index (Phi) is 4.03. The first-order valence-electron chi connectivity index (χ1n) is 7.89. The van der Waals surface area contributed by atoms with E-state index in [1.807, 2.05) is 27.7 Å². The maximum absolute atomic E-state index is 12.7. The van der Waals surface area contributed by atoms with Crippen LogP contribution >= 0.6 is 0 Å².